The average Bonchev–Trinajstić information content (AvgIpc) is 2.65. The Bertz CT molecular complexity index is 462. The van der Waals surface area contributed by atoms with E-state index in [2.05, 4.69) is 4.98 Å². The third-order valence-electron chi connectivity index (χ3n) is 1.82. The van der Waals surface area contributed by atoms with Gasteiger partial charge in [-0.15, -0.1) is 11.3 Å². The Kier molecular flexibility index (Phi) is 3.18. The predicted molar refractivity (Wildman–Crippen MR) is 62.8 cm³/mol. The molecule has 0 N–H and O–H groups in total. The summed E-state index contributed by atoms with van der Waals surface area (Å²) in [4.78, 5) is 15.9. The lowest BCUT2D eigenvalue weighted by Gasteiger charge is -1.97. The second kappa shape index (κ2) is 4.59. The summed E-state index contributed by atoms with van der Waals surface area (Å²) >= 11 is 3.26. The molecule has 0 saturated heterocycles. The van der Waals surface area contributed by atoms with Crippen molar-refractivity contribution in [3.8, 4) is 0 Å². The highest BCUT2D eigenvalue weighted by Gasteiger charge is 2.01. The maximum Gasteiger partial charge on any atom is 0.154 e. The Morgan fingerprint density at radius 1 is 1.33 bits per heavy atom. The third kappa shape index (κ3) is 2.67. The molecule has 2 nitrogen and oxygen atoms in total. The molecular formula is C11H9NOS2. The molecule has 0 amide bonds. The first-order valence-corrected chi connectivity index (χ1v) is 6.13. The molecule has 0 aliphatic carbocycles. The van der Waals surface area contributed by atoms with Crippen LogP contribution < -0.4 is 0 Å². The number of rotatable bonds is 3. The summed E-state index contributed by atoms with van der Waals surface area (Å²) in [5.74, 6) is 0. The van der Waals surface area contributed by atoms with E-state index in [9.17, 15) is 4.79 Å². The van der Waals surface area contributed by atoms with Crippen molar-refractivity contribution in [1.82, 2.24) is 4.98 Å². The van der Waals surface area contributed by atoms with Gasteiger partial charge in [0.2, 0.25) is 0 Å². The van der Waals surface area contributed by atoms with Gasteiger partial charge in [-0.1, -0.05) is 23.9 Å². The monoisotopic (exact) mass is 235 g/mol. The van der Waals surface area contributed by atoms with Gasteiger partial charge in [0.15, 0.2) is 4.34 Å². The SMILES string of the molecule is Cc1csc(Sc2ccc(C=O)cc2)n1. The average molecular weight is 235 g/mol. The van der Waals surface area contributed by atoms with Crippen LogP contribution in [0.15, 0.2) is 38.9 Å². The van der Waals surface area contributed by atoms with E-state index in [4.69, 9.17) is 0 Å². The molecule has 0 unspecified atom stereocenters. The molecule has 0 fully saturated rings. The smallest absolute Gasteiger partial charge is 0.154 e. The van der Waals surface area contributed by atoms with E-state index in [-0.39, 0.29) is 0 Å². The van der Waals surface area contributed by atoms with Gasteiger partial charge in [-0.2, -0.15) is 0 Å². The molecule has 2 rings (SSSR count). The molecule has 0 atom stereocenters. The third-order valence-corrected chi connectivity index (χ3v) is 3.88. The number of carbonyl (C=O) groups is 1. The highest BCUT2D eigenvalue weighted by atomic mass is 32.2. The van der Waals surface area contributed by atoms with Gasteiger partial charge >= 0.3 is 0 Å². The minimum Gasteiger partial charge on any atom is -0.298 e. The van der Waals surface area contributed by atoms with E-state index in [0.29, 0.717) is 5.56 Å². The predicted octanol–water partition coefficient (Wildman–Crippen LogP) is 3.42. The molecular weight excluding hydrogens is 226 g/mol. The first-order valence-electron chi connectivity index (χ1n) is 4.43. The second-order valence-electron chi connectivity index (χ2n) is 3.04. The highest BCUT2D eigenvalue weighted by Crippen LogP contribution is 2.29. The van der Waals surface area contributed by atoms with Gasteiger partial charge in [-0.3, -0.25) is 4.79 Å². The number of benzene rings is 1. The number of aldehydes is 1. The van der Waals surface area contributed by atoms with Crippen molar-refractivity contribution in [3.05, 3.63) is 40.9 Å². The minimum atomic E-state index is 0.703. The lowest BCUT2D eigenvalue weighted by molar-refractivity contribution is 0.112. The molecule has 4 heteroatoms. The van der Waals surface area contributed by atoms with E-state index < -0.39 is 0 Å². The summed E-state index contributed by atoms with van der Waals surface area (Å²) in [6.45, 7) is 1.98. The molecule has 0 aliphatic heterocycles. The van der Waals surface area contributed by atoms with Gasteiger partial charge in [0.1, 0.15) is 6.29 Å². The number of carbonyl (C=O) groups excluding carboxylic acids is 1. The first-order chi connectivity index (χ1) is 7.28. The fourth-order valence-electron chi connectivity index (χ4n) is 1.09. The van der Waals surface area contributed by atoms with Crippen molar-refractivity contribution in [2.24, 2.45) is 0 Å². The van der Waals surface area contributed by atoms with E-state index in [0.717, 1.165) is 21.2 Å². The summed E-state index contributed by atoms with van der Waals surface area (Å²) in [6, 6.07) is 7.50. The van der Waals surface area contributed by atoms with Crippen LogP contribution in [-0.4, -0.2) is 11.3 Å². The maximum atomic E-state index is 10.5. The molecule has 1 aromatic carbocycles. The van der Waals surface area contributed by atoms with Crippen molar-refractivity contribution in [2.75, 3.05) is 0 Å². The van der Waals surface area contributed by atoms with E-state index >= 15 is 0 Å². The Labute approximate surface area is 96.4 Å². The van der Waals surface area contributed by atoms with Gasteiger partial charge in [0, 0.05) is 21.5 Å². The molecule has 0 bridgehead atoms. The lowest BCUT2D eigenvalue weighted by Crippen LogP contribution is -1.78. The van der Waals surface area contributed by atoms with Crippen molar-refractivity contribution >= 4 is 29.4 Å². The summed E-state index contributed by atoms with van der Waals surface area (Å²) in [7, 11) is 0. The van der Waals surface area contributed by atoms with Gasteiger partial charge in [0.25, 0.3) is 0 Å². The quantitative estimate of drug-likeness (QED) is 0.764. The van der Waals surface area contributed by atoms with Gasteiger partial charge in [-0.25, -0.2) is 4.98 Å². The number of aryl methyl sites for hydroxylation is 1. The molecule has 2 aromatic rings. The van der Waals surface area contributed by atoms with Crippen molar-refractivity contribution in [2.45, 2.75) is 16.2 Å². The number of thiazole rings is 1. The van der Waals surface area contributed by atoms with Crippen molar-refractivity contribution in [1.29, 1.82) is 0 Å². The van der Waals surface area contributed by atoms with E-state index in [1.165, 1.54) is 0 Å². The zero-order chi connectivity index (χ0) is 10.7. The molecule has 0 saturated carbocycles. The van der Waals surface area contributed by atoms with Crippen molar-refractivity contribution < 1.29 is 4.79 Å². The Balaban J connectivity index is 2.14. The van der Waals surface area contributed by atoms with E-state index in [1.807, 2.05) is 36.6 Å². The summed E-state index contributed by atoms with van der Waals surface area (Å²) < 4.78 is 1.03. The summed E-state index contributed by atoms with van der Waals surface area (Å²) in [5.41, 5.74) is 1.75. The molecule has 76 valence electrons. The van der Waals surface area contributed by atoms with Crippen LogP contribution in [0.2, 0.25) is 0 Å². The zero-order valence-corrected chi connectivity index (χ0v) is 9.77. The number of aromatic nitrogens is 1. The molecule has 0 aliphatic rings. The highest BCUT2D eigenvalue weighted by molar-refractivity contribution is 8.01. The molecule has 0 spiro atoms. The largest absolute Gasteiger partial charge is 0.298 e. The number of hydrogen-bond acceptors (Lipinski definition) is 4. The van der Waals surface area contributed by atoms with Crippen LogP contribution in [0.5, 0.6) is 0 Å². The van der Waals surface area contributed by atoms with Crippen LogP contribution in [-0.2, 0) is 0 Å². The molecule has 0 radical (unpaired) electrons. The van der Waals surface area contributed by atoms with Crippen molar-refractivity contribution in [3.63, 3.8) is 0 Å². The van der Waals surface area contributed by atoms with Gasteiger partial charge in [-0.05, 0) is 19.1 Å². The molecule has 1 aromatic heterocycles. The second-order valence-corrected chi connectivity index (χ2v) is 5.22. The summed E-state index contributed by atoms with van der Waals surface area (Å²) in [5, 5.41) is 2.03. The Hall–Kier alpha value is -1.13. The zero-order valence-electron chi connectivity index (χ0n) is 8.14. The van der Waals surface area contributed by atoms with Crippen LogP contribution in [0.1, 0.15) is 16.1 Å². The van der Waals surface area contributed by atoms with Gasteiger partial charge in [0.05, 0.1) is 0 Å². The minimum absolute atomic E-state index is 0.703. The Morgan fingerprint density at radius 3 is 2.60 bits per heavy atom. The standard InChI is InChI=1S/C11H9NOS2/c1-8-7-14-11(12-8)15-10-4-2-9(6-13)3-5-10/h2-7H,1H3. The fraction of sp³-hybridized carbons (Fsp3) is 0.0909. The number of hydrogen-bond donors (Lipinski definition) is 0. The molecule has 15 heavy (non-hydrogen) atoms. The molecule has 1 heterocycles. The normalized spacial score (nSPS) is 10.2. The van der Waals surface area contributed by atoms with Crippen LogP contribution in [0.4, 0.5) is 0 Å². The summed E-state index contributed by atoms with van der Waals surface area (Å²) in [6.07, 6.45) is 0.849. The van der Waals surface area contributed by atoms with Gasteiger partial charge < -0.3 is 0 Å². The van der Waals surface area contributed by atoms with Crippen LogP contribution in [0, 0.1) is 6.92 Å². The Morgan fingerprint density at radius 2 is 2.07 bits per heavy atom. The first kappa shape index (κ1) is 10.4. The van der Waals surface area contributed by atoms with E-state index in [1.54, 1.807) is 23.1 Å². The lowest BCUT2D eigenvalue weighted by atomic mass is 10.2. The number of nitrogens with zero attached hydrogens (tertiary/aromatic N) is 1. The van der Waals surface area contributed by atoms with Crippen LogP contribution in [0.3, 0.4) is 0 Å². The maximum absolute atomic E-state index is 10.5. The van der Waals surface area contributed by atoms with Crippen LogP contribution >= 0.6 is 23.1 Å². The fourth-order valence-corrected chi connectivity index (χ4v) is 2.90. The topological polar surface area (TPSA) is 30.0 Å². The van der Waals surface area contributed by atoms with Crippen LogP contribution in [0.25, 0.3) is 0 Å².